The number of nitrogens with zero attached hydrogens (tertiary/aromatic N) is 2. The van der Waals surface area contributed by atoms with E-state index in [4.69, 9.17) is 4.52 Å². The number of benzene rings is 1. The Morgan fingerprint density at radius 1 is 1.29 bits per heavy atom. The lowest BCUT2D eigenvalue weighted by atomic mass is 9.78. The first-order valence-electron chi connectivity index (χ1n) is 9.57. The van der Waals surface area contributed by atoms with Crippen molar-refractivity contribution in [2.75, 3.05) is 0 Å². The van der Waals surface area contributed by atoms with Crippen LogP contribution in [0.1, 0.15) is 36.6 Å². The van der Waals surface area contributed by atoms with E-state index >= 15 is 0 Å². The SMILES string of the molecule is O=C(NCc1cccc(F)c1)[C@H]1[C@H]2CC[C@H](C2)[C@@H]1c1nc(-c2ccsc2)no1. The van der Waals surface area contributed by atoms with Crippen LogP contribution in [0.15, 0.2) is 45.6 Å². The lowest BCUT2D eigenvalue weighted by molar-refractivity contribution is -0.127. The van der Waals surface area contributed by atoms with Crippen molar-refractivity contribution < 1.29 is 13.7 Å². The lowest BCUT2D eigenvalue weighted by Crippen LogP contribution is -2.37. The maximum absolute atomic E-state index is 13.4. The third kappa shape index (κ3) is 3.13. The molecule has 0 aliphatic heterocycles. The Kier molecular flexibility index (Phi) is 4.47. The van der Waals surface area contributed by atoms with Crippen molar-refractivity contribution in [1.29, 1.82) is 0 Å². The van der Waals surface area contributed by atoms with Gasteiger partial charge in [0.2, 0.25) is 17.6 Å². The highest BCUT2D eigenvalue weighted by molar-refractivity contribution is 7.08. The second-order valence-corrected chi connectivity index (χ2v) is 8.48. The number of hydrogen-bond acceptors (Lipinski definition) is 5. The fraction of sp³-hybridized carbons (Fsp3) is 0.381. The molecule has 1 amide bonds. The van der Waals surface area contributed by atoms with E-state index in [1.54, 1.807) is 17.4 Å². The largest absolute Gasteiger partial charge is 0.352 e. The van der Waals surface area contributed by atoms with Crippen molar-refractivity contribution in [2.45, 2.75) is 31.7 Å². The molecule has 7 heteroatoms. The molecular formula is C21H20FN3O2S. The fourth-order valence-electron chi connectivity index (χ4n) is 4.86. The summed E-state index contributed by atoms with van der Waals surface area (Å²) < 4.78 is 19.0. The van der Waals surface area contributed by atoms with Gasteiger partial charge in [0.25, 0.3) is 0 Å². The van der Waals surface area contributed by atoms with Gasteiger partial charge in [-0.05, 0) is 60.2 Å². The van der Waals surface area contributed by atoms with E-state index in [1.165, 1.54) is 12.1 Å². The molecular weight excluding hydrogens is 377 g/mol. The maximum Gasteiger partial charge on any atom is 0.231 e. The van der Waals surface area contributed by atoms with Gasteiger partial charge in [0, 0.05) is 17.5 Å². The minimum Gasteiger partial charge on any atom is -0.352 e. The van der Waals surface area contributed by atoms with E-state index in [9.17, 15) is 9.18 Å². The summed E-state index contributed by atoms with van der Waals surface area (Å²) in [5.41, 5.74) is 1.70. The molecule has 2 saturated carbocycles. The number of aromatic nitrogens is 2. The van der Waals surface area contributed by atoms with E-state index in [0.717, 1.165) is 30.4 Å². The Morgan fingerprint density at radius 3 is 3.00 bits per heavy atom. The third-order valence-electron chi connectivity index (χ3n) is 6.08. The molecule has 28 heavy (non-hydrogen) atoms. The van der Waals surface area contributed by atoms with Gasteiger partial charge in [0.05, 0.1) is 11.8 Å². The molecule has 4 atom stereocenters. The maximum atomic E-state index is 13.4. The zero-order valence-corrected chi connectivity index (χ0v) is 16.0. The normalized spacial score (nSPS) is 25.9. The van der Waals surface area contributed by atoms with Crippen LogP contribution < -0.4 is 5.32 Å². The summed E-state index contributed by atoms with van der Waals surface area (Å²) in [6.07, 6.45) is 3.18. The number of carbonyl (C=O) groups is 1. The average Bonchev–Trinajstić information content (AvgIpc) is 3.49. The molecule has 2 aromatic heterocycles. The molecule has 5 nitrogen and oxygen atoms in total. The smallest absolute Gasteiger partial charge is 0.231 e. The highest BCUT2D eigenvalue weighted by atomic mass is 32.1. The Morgan fingerprint density at radius 2 is 2.18 bits per heavy atom. The Balaban J connectivity index is 1.35. The molecule has 5 rings (SSSR count). The second-order valence-electron chi connectivity index (χ2n) is 7.70. The highest BCUT2D eigenvalue weighted by Crippen LogP contribution is 2.56. The Labute approximate surface area is 166 Å². The zero-order chi connectivity index (χ0) is 19.1. The van der Waals surface area contributed by atoms with E-state index in [0.29, 0.717) is 30.1 Å². The standard InChI is InChI=1S/C21H20FN3O2S/c22-16-3-1-2-12(8-16)10-23-20(26)17-13-4-5-14(9-13)18(17)21-24-19(25-27-21)15-6-7-28-11-15/h1-3,6-8,11,13-14,17-18H,4-5,9-10H2,(H,23,26)/t13-,14+,17-,18-/m0/s1. The van der Waals surface area contributed by atoms with E-state index in [1.807, 2.05) is 22.9 Å². The number of fused-ring (bicyclic) bond motifs is 2. The number of halogens is 1. The van der Waals surface area contributed by atoms with Gasteiger partial charge in [-0.15, -0.1) is 0 Å². The average molecular weight is 397 g/mol. The predicted molar refractivity (Wildman–Crippen MR) is 103 cm³/mol. The quantitative estimate of drug-likeness (QED) is 0.694. The minimum absolute atomic E-state index is 0.00301. The van der Waals surface area contributed by atoms with Crippen LogP contribution in [-0.4, -0.2) is 16.0 Å². The van der Waals surface area contributed by atoms with Crippen LogP contribution in [-0.2, 0) is 11.3 Å². The van der Waals surface area contributed by atoms with Crippen LogP contribution in [0.25, 0.3) is 11.4 Å². The van der Waals surface area contributed by atoms with Crippen LogP contribution in [0, 0.1) is 23.6 Å². The Hall–Kier alpha value is -2.54. The molecule has 1 N–H and O–H groups in total. The molecule has 2 aliphatic rings. The van der Waals surface area contributed by atoms with Crippen LogP contribution in [0.4, 0.5) is 4.39 Å². The molecule has 0 unspecified atom stereocenters. The number of thiophene rings is 1. The zero-order valence-electron chi connectivity index (χ0n) is 15.2. The Bertz CT molecular complexity index is 987. The molecule has 3 aromatic rings. The van der Waals surface area contributed by atoms with Crippen molar-refractivity contribution in [3.8, 4) is 11.4 Å². The molecule has 0 saturated heterocycles. The van der Waals surface area contributed by atoms with Gasteiger partial charge in [-0.1, -0.05) is 17.3 Å². The molecule has 1 aromatic carbocycles. The molecule has 2 aliphatic carbocycles. The van der Waals surface area contributed by atoms with E-state index in [-0.39, 0.29) is 23.6 Å². The summed E-state index contributed by atoms with van der Waals surface area (Å²) >= 11 is 1.59. The summed E-state index contributed by atoms with van der Waals surface area (Å²) in [6.45, 7) is 0.321. The van der Waals surface area contributed by atoms with Gasteiger partial charge < -0.3 is 9.84 Å². The predicted octanol–water partition coefficient (Wildman–Crippen LogP) is 4.38. The van der Waals surface area contributed by atoms with Crippen LogP contribution in [0.2, 0.25) is 0 Å². The second kappa shape index (κ2) is 7.13. The summed E-state index contributed by atoms with van der Waals surface area (Å²) in [5.74, 6) is 1.41. The van der Waals surface area contributed by atoms with Crippen molar-refractivity contribution in [3.63, 3.8) is 0 Å². The number of hydrogen-bond donors (Lipinski definition) is 1. The monoisotopic (exact) mass is 397 g/mol. The highest BCUT2D eigenvalue weighted by Gasteiger charge is 2.53. The first-order valence-corrected chi connectivity index (χ1v) is 10.5. The summed E-state index contributed by atoms with van der Waals surface area (Å²) in [4.78, 5) is 17.6. The number of nitrogens with one attached hydrogen (secondary N) is 1. The van der Waals surface area contributed by atoms with Crippen molar-refractivity contribution in [3.05, 3.63) is 58.4 Å². The van der Waals surface area contributed by atoms with Gasteiger partial charge in [-0.3, -0.25) is 4.79 Å². The first-order chi connectivity index (χ1) is 13.7. The van der Waals surface area contributed by atoms with Crippen LogP contribution in [0.3, 0.4) is 0 Å². The third-order valence-corrected chi connectivity index (χ3v) is 6.76. The van der Waals surface area contributed by atoms with Crippen molar-refractivity contribution >= 4 is 17.2 Å². The van der Waals surface area contributed by atoms with Crippen LogP contribution in [0.5, 0.6) is 0 Å². The van der Waals surface area contributed by atoms with Gasteiger partial charge in [0.15, 0.2) is 0 Å². The summed E-state index contributed by atoms with van der Waals surface area (Å²) in [5, 5.41) is 11.1. The molecule has 0 radical (unpaired) electrons. The molecule has 0 spiro atoms. The number of rotatable bonds is 5. The van der Waals surface area contributed by atoms with E-state index in [2.05, 4.69) is 15.5 Å². The van der Waals surface area contributed by atoms with Crippen LogP contribution >= 0.6 is 11.3 Å². The lowest BCUT2D eigenvalue weighted by Gasteiger charge is -2.27. The first kappa shape index (κ1) is 17.6. The van der Waals surface area contributed by atoms with Gasteiger partial charge >= 0.3 is 0 Å². The summed E-state index contributed by atoms with van der Waals surface area (Å²) in [6, 6.07) is 8.28. The van der Waals surface area contributed by atoms with E-state index < -0.39 is 0 Å². The molecule has 2 fully saturated rings. The van der Waals surface area contributed by atoms with Crippen molar-refractivity contribution in [1.82, 2.24) is 15.5 Å². The minimum atomic E-state index is -0.295. The van der Waals surface area contributed by atoms with Gasteiger partial charge in [-0.25, -0.2) is 4.39 Å². The number of carbonyl (C=O) groups excluding carboxylic acids is 1. The topological polar surface area (TPSA) is 68.0 Å². The van der Waals surface area contributed by atoms with Crippen molar-refractivity contribution in [2.24, 2.45) is 17.8 Å². The summed E-state index contributed by atoms with van der Waals surface area (Å²) in [7, 11) is 0. The van der Waals surface area contributed by atoms with Gasteiger partial charge in [-0.2, -0.15) is 16.3 Å². The molecule has 144 valence electrons. The molecule has 2 bridgehead atoms. The fourth-order valence-corrected chi connectivity index (χ4v) is 5.49. The van der Waals surface area contributed by atoms with Gasteiger partial charge in [0.1, 0.15) is 5.82 Å². The molecule has 2 heterocycles. The number of amides is 1.